The van der Waals surface area contributed by atoms with Gasteiger partial charge in [0, 0.05) is 30.7 Å². The lowest BCUT2D eigenvalue weighted by Crippen LogP contribution is -2.50. The van der Waals surface area contributed by atoms with E-state index in [0.717, 1.165) is 25.3 Å². The highest BCUT2D eigenvalue weighted by Crippen LogP contribution is 2.27. The number of piperazine rings is 1. The Labute approximate surface area is 107 Å². The van der Waals surface area contributed by atoms with E-state index in [4.69, 9.17) is 16.9 Å². The summed E-state index contributed by atoms with van der Waals surface area (Å²) in [6.45, 7) is 5.14. The molecule has 1 aliphatic rings. The second kappa shape index (κ2) is 4.95. The molecule has 2 rings (SSSR count). The minimum absolute atomic E-state index is 0.402. The van der Waals surface area contributed by atoms with Crippen LogP contribution in [0.15, 0.2) is 18.2 Å². The molecule has 1 aliphatic heterocycles. The molecule has 1 aromatic rings. The van der Waals surface area contributed by atoms with Gasteiger partial charge in [-0.05, 0) is 32.2 Å². The molecule has 1 saturated heterocycles. The lowest BCUT2D eigenvalue weighted by Gasteiger charge is -2.40. The van der Waals surface area contributed by atoms with Crippen molar-refractivity contribution in [3.05, 3.63) is 28.8 Å². The Morgan fingerprint density at radius 1 is 1.41 bits per heavy atom. The van der Waals surface area contributed by atoms with Gasteiger partial charge in [-0.1, -0.05) is 11.6 Å². The SMILES string of the molecule is CC1CN(C)CCN1c1cc(Cl)ccc1C#N. The van der Waals surface area contributed by atoms with Crippen LogP contribution in [-0.2, 0) is 0 Å². The zero-order chi connectivity index (χ0) is 12.4. The molecular formula is C13H16ClN3. The fourth-order valence-corrected chi connectivity index (χ4v) is 2.50. The first-order valence-electron chi connectivity index (χ1n) is 5.76. The first-order chi connectivity index (χ1) is 8.11. The molecule has 3 nitrogen and oxygen atoms in total. The van der Waals surface area contributed by atoms with Crippen LogP contribution in [0.4, 0.5) is 5.69 Å². The average molecular weight is 250 g/mol. The van der Waals surface area contributed by atoms with E-state index in [9.17, 15) is 0 Å². The van der Waals surface area contributed by atoms with Crippen LogP contribution < -0.4 is 4.90 Å². The van der Waals surface area contributed by atoms with Gasteiger partial charge >= 0.3 is 0 Å². The molecule has 4 heteroatoms. The molecule has 1 unspecified atom stereocenters. The van der Waals surface area contributed by atoms with Crippen molar-refractivity contribution in [3.8, 4) is 6.07 Å². The minimum Gasteiger partial charge on any atom is -0.365 e. The van der Waals surface area contributed by atoms with Crippen LogP contribution in [0, 0.1) is 11.3 Å². The minimum atomic E-state index is 0.402. The Hall–Kier alpha value is -1.24. The zero-order valence-corrected chi connectivity index (χ0v) is 10.9. The molecule has 0 amide bonds. The molecular weight excluding hydrogens is 234 g/mol. The fourth-order valence-electron chi connectivity index (χ4n) is 2.33. The highest BCUT2D eigenvalue weighted by Gasteiger charge is 2.23. The van der Waals surface area contributed by atoms with Gasteiger partial charge in [0.15, 0.2) is 0 Å². The van der Waals surface area contributed by atoms with E-state index in [1.165, 1.54) is 0 Å². The molecule has 0 bridgehead atoms. The summed E-state index contributed by atoms with van der Waals surface area (Å²) in [5.74, 6) is 0. The van der Waals surface area contributed by atoms with Crippen molar-refractivity contribution in [1.29, 1.82) is 5.26 Å². The van der Waals surface area contributed by atoms with Crippen molar-refractivity contribution < 1.29 is 0 Å². The molecule has 90 valence electrons. The maximum atomic E-state index is 9.15. The van der Waals surface area contributed by atoms with E-state index in [1.807, 2.05) is 6.07 Å². The van der Waals surface area contributed by atoms with Gasteiger partial charge in [0.1, 0.15) is 6.07 Å². The number of likely N-dealkylation sites (N-methyl/N-ethyl adjacent to an activating group) is 1. The van der Waals surface area contributed by atoms with Gasteiger partial charge in [0.2, 0.25) is 0 Å². The predicted octanol–water partition coefficient (Wildman–Crippen LogP) is 2.35. The summed E-state index contributed by atoms with van der Waals surface area (Å²) in [7, 11) is 2.12. The maximum Gasteiger partial charge on any atom is 0.101 e. The summed E-state index contributed by atoms with van der Waals surface area (Å²) in [5, 5.41) is 9.83. The number of rotatable bonds is 1. The number of nitrogens with zero attached hydrogens (tertiary/aromatic N) is 3. The highest BCUT2D eigenvalue weighted by molar-refractivity contribution is 6.30. The van der Waals surface area contributed by atoms with Crippen LogP contribution in [0.2, 0.25) is 5.02 Å². The van der Waals surface area contributed by atoms with Crippen LogP contribution >= 0.6 is 11.6 Å². The van der Waals surface area contributed by atoms with Crippen molar-refractivity contribution in [2.75, 3.05) is 31.6 Å². The standard InChI is InChI=1S/C13H16ClN3/c1-10-9-16(2)5-6-17(10)13-7-12(14)4-3-11(13)8-15/h3-4,7,10H,5-6,9H2,1-2H3. The zero-order valence-electron chi connectivity index (χ0n) is 10.2. The smallest absolute Gasteiger partial charge is 0.101 e. The predicted molar refractivity (Wildman–Crippen MR) is 70.5 cm³/mol. The number of benzene rings is 1. The van der Waals surface area contributed by atoms with Crippen LogP contribution in [0.25, 0.3) is 0 Å². The van der Waals surface area contributed by atoms with Gasteiger partial charge < -0.3 is 9.80 Å². The molecule has 1 atom stereocenters. The van der Waals surface area contributed by atoms with E-state index in [0.29, 0.717) is 16.6 Å². The summed E-state index contributed by atoms with van der Waals surface area (Å²) in [6.07, 6.45) is 0. The molecule has 17 heavy (non-hydrogen) atoms. The van der Waals surface area contributed by atoms with Gasteiger partial charge in [-0.2, -0.15) is 5.26 Å². The third-order valence-corrected chi connectivity index (χ3v) is 3.46. The van der Waals surface area contributed by atoms with Crippen LogP contribution in [0.5, 0.6) is 0 Å². The van der Waals surface area contributed by atoms with E-state index < -0.39 is 0 Å². The number of nitriles is 1. The molecule has 0 aromatic heterocycles. The topological polar surface area (TPSA) is 30.3 Å². The van der Waals surface area contributed by atoms with Gasteiger partial charge in [0.25, 0.3) is 0 Å². The first-order valence-corrected chi connectivity index (χ1v) is 6.14. The maximum absolute atomic E-state index is 9.15. The molecule has 0 aliphatic carbocycles. The molecule has 0 spiro atoms. The van der Waals surface area contributed by atoms with E-state index in [-0.39, 0.29) is 0 Å². The lowest BCUT2D eigenvalue weighted by atomic mass is 10.1. The van der Waals surface area contributed by atoms with Crippen molar-refractivity contribution >= 4 is 17.3 Å². The first kappa shape index (κ1) is 12.2. The average Bonchev–Trinajstić information content (AvgIpc) is 2.29. The number of hydrogen-bond donors (Lipinski definition) is 0. The van der Waals surface area contributed by atoms with Crippen molar-refractivity contribution in [2.45, 2.75) is 13.0 Å². The Bertz CT molecular complexity index is 452. The third kappa shape index (κ3) is 2.54. The summed E-state index contributed by atoms with van der Waals surface area (Å²) in [5.41, 5.74) is 1.66. The summed E-state index contributed by atoms with van der Waals surface area (Å²) >= 11 is 6.02. The summed E-state index contributed by atoms with van der Waals surface area (Å²) in [6, 6.07) is 8.09. The molecule has 1 heterocycles. The summed E-state index contributed by atoms with van der Waals surface area (Å²) < 4.78 is 0. The largest absolute Gasteiger partial charge is 0.365 e. The van der Waals surface area contributed by atoms with Crippen LogP contribution in [0.3, 0.4) is 0 Å². The van der Waals surface area contributed by atoms with Gasteiger partial charge in [-0.25, -0.2) is 0 Å². The lowest BCUT2D eigenvalue weighted by molar-refractivity contribution is 0.275. The normalized spacial score (nSPS) is 21.3. The van der Waals surface area contributed by atoms with Gasteiger partial charge in [-0.3, -0.25) is 0 Å². The molecule has 0 N–H and O–H groups in total. The van der Waals surface area contributed by atoms with E-state index in [2.05, 4.69) is 29.8 Å². The molecule has 0 saturated carbocycles. The van der Waals surface area contributed by atoms with Crippen molar-refractivity contribution in [1.82, 2.24) is 4.90 Å². The quantitative estimate of drug-likeness (QED) is 0.766. The van der Waals surface area contributed by atoms with Crippen LogP contribution in [-0.4, -0.2) is 37.6 Å². The van der Waals surface area contributed by atoms with E-state index >= 15 is 0 Å². The van der Waals surface area contributed by atoms with E-state index in [1.54, 1.807) is 12.1 Å². The second-order valence-electron chi connectivity index (χ2n) is 4.58. The van der Waals surface area contributed by atoms with Crippen molar-refractivity contribution in [2.24, 2.45) is 0 Å². The fraction of sp³-hybridized carbons (Fsp3) is 0.462. The van der Waals surface area contributed by atoms with Crippen LogP contribution in [0.1, 0.15) is 12.5 Å². The molecule has 1 fully saturated rings. The monoisotopic (exact) mass is 249 g/mol. The third-order valence-electron chi connectivity index (χ3n) is 3.22. The Kier molecular flexibility index (Phi) is 3.56. The number of halogens is 1. The Balaban J connectivity index is 2.33. The molecule has 0 radical (unpaired) electrons. The van der Waals surface area contributed by atoms with Gasteiger partial charge in [0.05, 0.1) is 11.3 Å². The Morgan fingerprint density at radius 3 is 2.82 bits per heavy atom. The molecule has 1 aromatic carbocycles. The summed E-state index contributed by atoms with van der Waals surface area (Å²) in [4.78, 5) is 4.57. The second-order valence-corrected chi connectivity index (χ2v) is 5.01. The Morgan fingerprint density at radius 2 is 2.18 bits per heavy atom. The number of hydrogen-bond acceptors (Lipinski definition) is 3. The number of anilines is 1. The van der Waals surface area contributed by atoms with Gasteiger partial charge in [-0.15, -0.1) is 0 Å². The van der Waals surface area contributed by atoms with Crippen molar-refractivity contribution in [3.63, 3.8) is 0 Å². The highest BCUT2D eigenvalue weighted by atomic mass is 35.5.